The molecule has 1 aromatic carbocycles. The van der Waals surface area contributed by atoms with Crippen LogP contribution in [-0.2, 0) is 6.61 Å². The first-order chi connectivity index (χ1) is 9.04. The average molecular weight is 266 g/mol. The van der Waals surface area contributed by atoms with Gasteiger partial charge in [0.1, 0.15) is 11.5 Å². The van der Waals surface area contributed by atoms with Crippen LogP contribution in [0.1, 0.15) is 5.56 Å². The van der Waals surface area contributed by atoms with E-state index < -0.39 is 17.3 Å². The molecule has 0 aliphatic rings. The Bertz CT molecular complexity index is 493. The van der Waals surface area contributed by atoms with Crippen molar-refractivity contribution in [3.05, 3.63) is 58.9 Å². The maximum absolute atomic E-state index is 13.7. The van der Waals surface area contributed by atoms with Crippen molar-refractivity contribution in [2.45, 2.75) is 6.61 Å². The predicted octanol–water partition coefficient (Wildman–Crippen LogP) is 2.40. The summed E-state index contributed by atoms with van der Waals surface area (Å²) in [6.45, 7) is 7.18. The van der Waals surface area contributed by atoms with Crippen LogP contribution in [0.4, 0.5) is 15.8 Å². The number of hydrogen-bond acceptors (Lipinski definition) is 4. The highest BCUT2D eigenvalue weighted by Crippen LogP contribution is 2.31. The summed E-state index contributed by atoms with van der Waals surface area (Å²) < 4.78 is 13.7. The lowest BCUT2D eigenvalue weighted by Crippen LogP contribution is -2.24. The molecule has 1 rings (SSSR count). The highest BCUT2D eigenvalue weighted by molar-refractivity contribution is 5.65. The van der Waals surface area contributed by atoms with Gasteiger partial charge in [-0.15, -0.1) is 13.2 Å². The quantitative estimate of drug-likeness (QED) is 0.467. The van der Waals surface area contributed by atoms with Gasteiger partial charge in [0.15, 0.2) is 0 Å². The van der Waals surface area contributed by atoms with Crippen LogP contribution in [0.25, 0.3) is 0 Å². The van der Waals surface area contributed by atoms with Crippen molar-refractivity contribution in [2.75, 3.05) is 18.0 Å². The molecule has 0 fully saturated rings. The molecule has 0 heterocycles. The molecule has 5 nitrogen and oxygen atoms in total. The minimum absolute atomic E-state index is 0.104. The van der Waals surface area contributed by atoms with Gasteiger partial charge in [-0.1, -0.05) is 12.2 Å². The summed E-state index contributed by atoms with van der Waals surface area (Å²) in [6.07, 6.45) is 3.12. The van der Waals surface area contributed by atoms with Gasteiger partial charge in [-0.05, 0) is 0 Å². The molecule has 0 spiro atoms. The van der Waals surface area contributed by atoms with Gasteiger partial charge >= 0.3 is 0 Å². The average Bonchev–Trinajstić information content (AvgIpc) is 2.37. The van der Waals surface area contributed by atoms with E-state index in [-0.39, 0.29) is 16.9 Å². The molecule has 0 aliphatic carbocycles. The molecule has 0 unspecified atom stereocenters. The second kappa shape index (κ2) is 6.65. The highest BCUT2D eigenvalue weighted by atomic mass is 19.1. The van der Waals surface area contributed by atoms with Crippen LogP contribution in [0.2, 0.25) is 0 Å². The van der Waals surface area contributed by atoms with E-state index in [4.69, 9.17) is 5.11 Å². The van der Waals surface area contributed by atoms with Crippen molar-refractivity contribution in [3.63, 3.8) is 0 Å². The van der Waals surface area contributed by atoms with Crippen LogP contribution in [0, 0.1) is 15.9 Å². The monoisotopic (exact) mass is 266 g/mol. The van der Waals surface area contributed by atoms with Gasteiger partial charge in [0.05, 0.1) is 11.5 Å². The fourth-order valence-electron chi connectivity index (χ4n) is 1.70. The van der Waals surface area contributed by atoms with E-state index in [1.165, 1.54) is 0 Å². The maximum atomic E-state index is 13.7. The number of nitro groups is 1. The molecule has 0 radical (unpaired) electrons. The van der Waals surface area contributed by atoms with Crippen molar-refractivity contribution >= 4 is 11.4 Å². The van der Waals surface area contributed by atoms with E-state index in [0.717, 1.165) is 12.1 Å². The van der Waals surface area contributed by atoms with E-state index in [1.807, 2.05) is 0 Å². The van der Waals surface area contributed by atoms with Crippen molar-refractivity contribution in [2.24, 2.45) is 0 Å². The van der Waals surface area contributed by atoms with E-state index in [2.05, 4.69) is 13.2 Å². The smallest absolute Gasteiger partial charge is 0.293 e. The van der Waals surface area contributed by atoms with Gasteiger partial charge in [-0.25, -0.2) is 4.39 Å². The molecular formula is C13H15FN2O3. The van der Waals surface area contributed by atoms with Crippen LogP contribution in [-0.4, -0.2) is 23.1 Å². The third-order valence-electron chi connectivity index (χ3n) is 2.55. The molecule has 0 saturated heterocycles. The van der Waals surface area contributed by atoms with Gasteiger partial charge in [0.25, 0.3) is 5.69 Å². The Hall–Kier alpha value is -2.21. The number of nitro benzene ring substituents is 1. The Morgan fingerprint density at radius 2 is 1.95 bits per heavy atom. The topological polar surface area (TPSA) is 66.6 Å². The summed E-state index contributed by atoms with van der Waals surface area (Å²) in [4.78, 5) is 12.0. The van der Waals surface area contributed by atoms with E-state index in [9.17, 15) is 14.5 Å². The normalized spacial score (nSPS) is 10.0. The third-order valence-corrected chi connectivity index (χ3v) is 2.55. The number of aliphatic hydroxyl groups is 1. The number of anilines is 1. The zero-order valence-corrected chi connectivity index (χ0v) is 10.4. The minimum atomic E-state index is -0.679. The van der Waals surface area contributed by atoms with E-state index in [1.54, 1.807) is 17.1 Å². The van der Waals surface area contributed by atoms with Crippen LogP contribution in [0.5, 0.6) is 0 Å². The van der Waals surface area contributed by atoms with E-state index >= 15 is 0 Å². The van der Waals surface area contributed by atoms with Gasteiger partial charge in [0, 0.05) is 30.8 Å². The molecule has 0 amide bonds. The lowest BCUT2D eigenvalue weighted by molar-refractivity contribution is -0.384. The lowest BCUT2D eigenvalue weighted by Gasteiger charge is -2.21. The molecule has 0 bridgehead atoms. The number of halogens is 1. The van der Waals surface area contributed by atoms with Crippen LogP contribution < -0.4 is 4.90 Å². The summed E-state index contributed by atoms with van der Waals surface area (Å²) in [5.41, 5.74) is -0.221. The lowest BCUT2D eigenvalue weighted by atomic mass is 10.1. The molecule has 102 valence electrons. The number of rotatable bonds is 7. The molecule has 1 N–H and O–H groups in total. The largest absolute Gasteiger partial charge is 0.392 e. The summed E-state index contributed by atoms with van der Waals surface area (Å²) in [6, 6.07) is 2.10. The number of aliphatic hydroxyl groups excluding tert-OH is 1. The van der Waals surface area contributed by atoms with E-state index in [0.29, 0.717) is 13.1 Å². The van der Waals surface area contributed by atoms with Crippen molar-refractivity contribution in [1.29, 1.82) is 0 Å². The molecule has 19 heavy (non-hydrogen) atoms. The van der Waals surface area contributed by atoms with Crippen LogP contribution >= 0.6 is 0 Å². The van der Waals surface area contributed by atoms with Crippen molar-refractivity contribution in [3.8, 4) is 0 Å². The second-order valence-corrected chi connectivity index (χ2v) is 3.83. The van der Waals surface area contributed by atoms with Crippen molar-refractivity contribution < 1.29 is 14.4 Å². The first-order valence-corrected chi connectivity index (χ1v) is 5.59. The SMILES string of the molecule is C=CCN(CC=C)c1cc(F)c(CO)cc1[N+](=O)[O-]. The Kier molecular flexibility index (Phi) is 5.20. The molecule has 0 aromatic heterocycles. The number of nitrogens with zero attached hydrogens (tertiary/aromatic N) is 2. The maximum Gasteiger partial charge on any atom is 0.293 e. The Morgan fingerprint density at radius 1 is 1.37 bits per heavy atom. The second-order valence-electron chi connectivity index (χ2n) is 3.83. The number of benzene rings is 1. The molecule has 0 aliphatic heterocycles. The molecule has 1 aromatic rings. The minimum Gasteiger partial charge on any atom is -0.392 e. The molecular weight excluding hydrogens is 251 g/mol. The Labute approximate surface area is 110 Å². The summed E-state index contributed by atoms with van der Waals surface area (Å²) in [7, 11) is 0. The zero-order chi connectivity index (χ0) is 14.4. The number of hydrogen-bond donors (Lipinski definition) is 1. The molecule has 0 atom stereocenters. The standard InChI is InChI=1S/C13H15FN2O3/c1-3-5-15(6-4-2)12-8-11(14)10(9-17)7-13(12)16(18)19/h3-4,7-8,17H,1-2,5-6,9H2. The summed E-state index contributed by atoms with van der Waals surface area (Å²) in [5, 5.41) is 20.0. The molecule has 6 heteroatoms. The van der Waals surface area contributed by atoms with Crippen molar-refractivity contribution in [1.82, 2.24) is 0 Å². The summed E-state index contributed by atoms with van der Waals surface area (Å²) >= 11 is 0. The van der Waals surface area contributed by atoms with Gasteiger partial charge in [-0.2, -0.15) is 0 Å². The fraction of sp³-hybridized carbons (Fsp3) is 0.231. The van der Waals surface area contributed by atoms with Crippen LogP contribution in [0.15, 0.2) is 37.4 Å². The van der Waals surface area contributed by atoms with Crippen LogP contribution in [0.3, 0.4) is 0 Å². The Balaban J connectivity index is 3.37. The van der Waals surface area contributed by atoms with Gasteiger partial charge < -0.3 is 10.0 Å². The zero-order valence-electron chi connectivity index (χ0n) is 10.4. The molecule has 0 saturated carbocycles. The summed E-state index contributed by atoms with van der Waals surface area (Å²) in [5.74, 6) is -0.679. The fourth-order valence-corrected chi connectivity index (χ4v) is 1.70. The third kappa shape index (κ3) is 3.38. The first-order valence-electron chi connectivity index (χ1n) is 5.59. The van der Waals surface area contributed by atoms with Gasteiger partial charge in [0.2, 0.25) is 0 Å². The first kappa shape index (κ1) is 14.8. The van der Waals surface area contributed by atoms with Gasteiger partial charge in [-0.3, -0.25) is 10.1 Å². The predicted molar refractivity (Wildman–Crippen MR) is 71.6 cm³/mol. The highest BCUT2D eigenvalue weighted by Gasteiger charge is 2.21. The Morgan fingerprint density at radius 3 is 2.37 bits per heavy atom.